The Morgan fingerprint density at radius 1 is 0.967 bits per heavy atom. The van der Waals surface area contributed by atoms with Gasteiger partial charge in [-0.15, -0.1) is 12.4 Å². The molecule has 1 saturated carbocycles. The summed E-state index contributed by atoms with van der Waals surface area (Å²) in [4.78, 5) is 21.8. The van der Waals surface area contributed by atoms with Crippen LogP contribution >= 0.6 is 12.4 Å². The maximum absolute atomic E-state index is 13.4. The standard InChI is InChI=1S/C23H25N5O.ClH/c29-23(27-14-12-26(13-15-27)17-18-8-10-24-11-9-18)22-16-21(19-6-7-19)25-28(22)20-4-2-1-3-5-20;/h1-5,8-11,16,19H,6-7,12-15,17H2;1H. The second kappa shape index (κ2) is 8.98. The van der Waals surface area contributed by atoms with Gasteiger partial charge in [-0.3, -0.25) is 14.7 Å². The van der Waals surface area contributed by atoms with Crippen LogP contribution in [-0.2, 0) is 6.54 Å². The Balaban J connectivity index is 0.00000218. The third-order valence-electron chi connectivity index (χ3n) is 5.76. The number of nitrogens with zero attached hydrogens (tertiary/aromatic N) is 5. The van der Waals surface area contributed by atoms with Gasteiger partial charge in [0.15, 0.2) is 0 Å². The molecule has 156 valence electrons. The zero-order chi connectivity index (χ0) is 19.6. The van der Waals surface area contributed by atoms with Crippen LogP contribution in [0.3, 0.4) is 0 Å². The van der Waals surface area contributed by atoms with Crippen LogP contribution in [0.15, 0.2) is 60.9 Å². The summed E-state index contributed by atoms with van der Waals surface area (Å²) in [5.41, 5.74) is 3.93. The van der Waals surface area contributed by atoms with Crippen molar-refractivity contribution in [1.29, 1.82) is 0 Å². The number of rotatable bonds is 5. The third-order valence-corrected chi connectivity index (χ3v) is 5.76. The fourth-order valence-electron chi connectivity index (χ4n) is 3.91. The summed E-state index contributed by atoms with van der Waals surface area (Å²) in [5, 5.41) is 4.78. The molecule has 2 fully saturated rings. The van der Waals surface area contributed by atoms with Crippen LogP contribution in [0, 0.1) is 0 Å². The molecule has 0 unspecified atom stereocenters. The number of carbonyl (C=O) groups is 1. The molecule has 6 nitrogen and oxygen atoms in total. The van der Waals surface area contributed by atoms with E-state index in [1.165, 1.54) is 18.4 Å². The molecule has 7 heteroatoms. The molecule has 1 amide bonds. The van der Waals surface area contributed by atoms with Gasteiger partial charge in [-0.2, -0.15) is 5.10 Å². The monoisotopic (exact) mass is 423 g/mol. The summed E-state index contributed by atoms with van der Waals surface area (Å²) >= 11 is 0. The number of benzene rings is 1. The minimum absolute atomic E-state index is 0. The van der Waals surface area contributed by atoms with Gasteiger partial charge in [0.25, 0.3) is 5.91 Å². The molecule has 30 heavy (non-hydrogen) atoms. The first kappa shape index (κ1) is 20.6. The second-order valence-corrected chi connectivity index (χ2v) is 7.90. The summed E-state index contributed by atoms with van der Waals surface area (Å²) in [7, 11) is 0. The maximum Gasteiger partial charge on any atom is 0.272 e. The van der Waals surface area contributed by atoms with Crippen LogP contribution in [0.5, 0.6) is 0 Å². The molecule has 3 aromatic rings. The van der Waals surface area contributed by atoms with E-state index in [-0.39, 0.29) is 18.3 Å². The summed E-state index contributed by atoms with van der Waals surface area (Å²) < 4.78 is 1.83. The number of para-hydroxylation sites is 1. The predicted molar refractivity (Wildman–Crippen MR) is 118 cm³/mol. The fraction of sp³-hybridized carbons (Fsp3) is 0.348. The van der Waals surface area contributed by atoms with Crippen LogP contribution < -0.4 is 0 Å². The molecule has 0 N–H and O–H groups in total. The smallest absolute Gasteiger partial charge is 0.272 e. The Hall–Kier alpha value is -2.70. The Morgan fingerprint density at radius 3 is 2.33 bits per heavy atom. The van der Waals surface area contributed by atoms with Crippen molar-refractivity contribution < 1.29 is 4.79 Å². The normalized spacial score (nSPS) is 16.9. The first-order valence-corrected chi connectivity index (χ1v) is 10.3. The molecule has 2 aromatic heterocycles. The molecule has 0 radical (unpaired) electrons. The van der Waals surface area contributed by atoms with Crippen molar-refractivity contribution in [3.63, 3.8) is 0 Å². The van der Waals surface area contributed by atoms with Crippen molar-refractivity contribution in [3.05, 3.63) is 77.9 Å². The van der Waals surface area contributed by atoms with Crippen molar-refractivity contribution in [3.8, 4) is 5.69 Å². The highest BCUT2D eigenvalue weighted by molar-refractivity contribution is 5.93. The first-order chi connectivity index (χ1) is 14.3. The minimum atomic E-state index is 0. The van der Waals surface area contributed by atoms with E-state index in [2.05, 4.69) is 22.0 Å². The largest absolute Gasteiger partial charge is 0.335 e. The molecule has 1 aliphatic carbocycles. The number of amides is 1. The molecule has 5 rings (SSSR count). The van der Waals surface area contributed by atoms with Crippen LogP contribution in [0.25, 0.3) is 5.69 Å². The van der Waals surface area contributed by atoms with Crippen LogP contribution in [0.4, 0.5) is 0 Å². The minimum Gasteiger partial charge on any atom is -0.335 e. The SMILES string of the molecule is Cl.O=C(c1cc(C2CC2)nn1-c1ccccc1)N1CCN(Cc2ccncc2)CC1. The lowest BCUT2D eigenvalue weighted by Gasteiger charge is -2.34. The summed E-state index contributed by atoms with van der Waals surface area (Å²) in [5.74, 6) is 0.598. The van der Waals surface area contributed by atoms with Gasteiger partial charge in [0, 0.05) is 51.0 Å². The number of aromatic nitrogens is 3. The Labute approximate surface area is 182 Å². The van der Waals surface area contributed by atoms with E-state index in [4.69, 9.17) is 5.10 Å². The second-order valence-electron chi connectivity index (χ2n) is 7.90. The van der Waals surface area contributed by atoms with E-state index in [9.17, 15) is 4.79 Å². The highest BCUT2D eigenvalue weighted by Crippen LogP contribution is 2.39. The third kappa shape index (κ3) is 4.40. The van der Waals surface area contributed by atoms with Crippen LogP contribution in [0.2, 0.25) is 0 Å². The molecule has 0 atom stereocenters. The summed E-state index contributed by atoms with van der Waals surface area (Å²) in [6.07, 6.45) is 6.01. The summed E-state index contributed by atoms with van der Waals surface area (Å²) in [6, 6.07) is 16.1. The Kier molecular flexibility index (Phi) is 6.16. The van der Waals surface area contributed by atoms with Gasteiger partial charge in [-0.25, -0.2) is 4.68 Å². The van der Waals surface area contributed by atoms with Gasteiger partial charge in [-0.1, -0.05) is 18.2 Å². The number of halogens is 1. The first-order valence-electron chi connectivity index (χ1n) is 10.3. The average Bonchev–Trinajstić information content (AvgIpc) is 3.53. The van der Waals surface area contributed by atoms with Crippen molar-refractivity contribution in [1.82, 2.24) is 24.6 Å². The van der Waals surface area contributed by atoms with Gasteiger partial charge in [0.2, 0.25) is 0 Å². The zero-order valence-electron chi connectivity index (χ0n) is 16.9. The lowest BCUT2D eigenvalue weighted by Crippen LogP contribution is -2.48. The molecule has 0 bridgehead atoms. The van der Waals surface area contributed by atoms with Crippen molar-refractivity contribution in [2.45, 2.75) is 25.3 Å². The Bertz CT molecular complexity index is 979. The molecule has 1 saturated heterocycles. The topological polar surface area (TPSA) is 54.3 Å². The number of carbonyl (C=O) groups excluding carboxylic acids is 1. The Morgan fingerprint density at radius 2 is 1.67 bits per heavy atom. The van der Waals surface area contributed by atoms with Gasteiger partial charge in [0.05, 0.1) is 11.4 Å². The van der Waals surface area contributed by atoms with E-state index >= 15 is 0 Å². The maximum atomic E-state index is 13.4. The number of piperazine rings is 1. The van der Waals surface area contributed by atoms with E-state index in [0.717, 1.165) is 44.1 Å². The van der Waals surface area contributed by atoms with Crippen LogP contribution in [-0.4, -0.2) is 56.7 Å². The molecular formula is C23H26ClN5O. The number of hydrogen-bond donors (Lipinski definition) is 0. The molecule has 1 aliphatic heterocycles. The molecular weight excluding hydrogens is 398 g/mol. The van der Waals surface area contributed by atoms with E-state index in [1.807, 2.05) is 58.4 Å². The predicted octanol–water partition coefficient (Wildman–Crippen LogP) is 3.52. The van der Waals surface area contributed by atoms with E-state index in [1.54, 1.807) is 0 Å². The van der Waals surface area contributed by atoms with Crippen molar-refractivity contribution >= 4 is 18.3 Å². The molecule has 1 aromatic carbocycles. The average molecular weight is 424 g/mol. The lowest BCUT2D eigenvalue weighted by atomic mass is 10.2. The fourth-order valence-corrected chi connectivity index (χ4v) is 3.91. The zero-order valence-corrected chi connectivity index (χ0v) is 17.7. The lowest BCUT2D eigenvalue weighted by molar-refractivity contribution is 0.0619. The molecule has 2 aliphatic rings. The van der Waals surface area contributed by atoms with Gasteiger partial charge in [-0.05, 0) is 48.7 Å². The highest BCUT2D eigenvalue weighted by atomic mass is 35.5. The van der Waals surface area contributed by atoms with Crippen LogP contribution in [0.1, 0.15) is 40.5 Å². The number of pyridine rings is 1. The quantitative estimate of drug-likeness (QED) is 0.630. The van der Waals surface area contributed by atoms with Gasteiger partial charge >= 0.3 is 0 Å². The van der Waals surface area contributed by atoms with Gasteiger partial charge in [0.1, 0.15) is 5.69 Å². The van der Waals surface area contributed by atoms with Crippen molar-refractivity contribution in [2.75, 3.05) is 26.2 Å². The highest BCUT2D eigenvalue weighted by Gasteiger charge is 2.31. The van der Waals surface area contributed by atoms with Gasteiger partial charge < -0.3 is 4.90 Å². The van der Waals surface area contributed by atoms with E-state index < -0.39 is 0 Å². The number of hydrogen-bond acceptors (Lipinski definition) is 4. The van der Waals surface area contributed by atoms with E-state index in [0.29, 0.717) is 11.6 Å². The summed E-state index contributed by atoms with van der Waals surface area (Å²) in [6.45, 7) is 4.13. The molecule has 0 spiro atoms. The van der Waals surface area contributed by atoms with Crippen molar-refractivity contribution in [2.24, 2.45) is 0 Å². The molecule has 3 heterocycles.